The summed E-state index contributed by atoms with van der Waals surface area (Å²) in [6.07, 6.45) is 8.19. The summed E-state index contributed by atoms with van der Waals surface area (Å²) >= 11 is 0. The molecule has 5 atom stereocenters. The third kappa shape index (κ3) is 3.77. The third-order valence-corrected chi connectivity index (χ3v) is 7.86. The molecule has 34 heavy (non-hydrogen) atoms. The van der Waals surface area contributed by atoms with Gasteiger partial charge in [-0.1, -0.05) is 54.6 Å². The minimum atomic E-state index is -0.539. The molecule has 0 saturated carbocycles. The van der Waals surface area contributed by atoms with Crippen LogP contribution in [0.5, 0.6) is 5.75 Å². The Labute approximate surface area is 200 Å². The van der Waals surface area contributed by atoms with E-state index in [1.807, 2.05) is 24.3 Å². The standard InChI is InChI=1S/C30H30N2O2/c1-34-24-11-12-28-27(18-24)26(13-15-31-28)30(33)29-17-22-14-16-32(29)19-23(22)10-9-21-7-4-6-20-5-2-3-8-25(20)21/h2-13,15,18,22-23,29-30,33H,14,16-17,19H2,1H3/b10-9+/t22?,23?,29?,30-/m1/s1. The summed E-state index contributed by atoms with van der Waals surface area (Å²) in [6.45, 7) is 2.05. The number of aliphatic hydroxyl groups excluding tert-OH is 1. The van der Waals surface area contributed by atoms with E-state index in [1.54, 1.807) is 13.3 Å². The molecule has 7 rings (SSSR count). The number of piperidine rings is 3. The Morgan fingerprint density at radius 3 is 2.79 bits per heavy atom. The fourth-order valence-corrected chi connectivity index (χ4v) is 6.02. The van der Waals surface area contributed by atoms with Crippen LogP contribution in [0.4, 0.5) is 0 Å². The van der Waals surface area contributed by atoms with E-state index in [2.05, 4.69) is 64.5 Å². The number of hydrogen-bond acceptors (Lipinski definition) is 4. The van der Waals surface area contributed by atoms with Gasteiger partial charge in [0.05, 0.1) is 18.7 Å². The van der Waals surface area contributed by atoms with Gasteiger partial charge in [0.2, 0.25) is 0 Å². The number of ether oxygens (including phenoxy) is 1. The molecular weight excluding hydrogens is 420 g/mol. The lowest BCUT2D eigenvalue weighted by atomic mass is 9.73. The average molecular weight is 451 g/mol. The molecule has 4 nitrogen and oxygen atoms in total. The quantitative estimate of drug-likeness (QED) is 0.414. The van der Waals surface area contributed by atoms with Crippen molar-refractivity contribution in [1.29, 1.82) is 0 Å². The van der Waals surface area contributed by atoms with E-state index in [0.717, 1.165) is 41.7 Å². The van der Waals surface area contributed by atoms with Crippen molar-refractivity contribution >= 4 is 27.8 Å². The first-order valence-corrected chi connectivity index (χ1v) is 12.2. The lowest BCUT2D eigenvalue weighted by Crippen LogP contribution is -2.54. The van der Waals surface area contributed by atoms with E-state index in [-0.39, 0.29) is 6.04 Å². The maximum absolute atomic E-state index is 11.5. The van der Waals surface area contributed by atoms with Gasteiger partial charge in [0, 0.05) is 24.2 Å². The summed E-state index contributed by atoms with van der Waals surface area (Å²) in [5, 5.41) is 15.1. The zero-order valence-electron chi connectivity index (χ0n) is 19.5. The number of rotatable bonds is 5. The molecule has 0 spiro atoms. The van der Waals surface area contributed by atoms with Gasteiger partial charge < -0.3 is 9.84 Å². The molecule has 4 unspecified atom stereocenters. The van der Waals surface area contributed by atoms with E-state index < -0.39 is 6.10 Å². The first kappa shape index (κ1) is 21.3. The first-order valence-electron chi connectivity index (χ1n) is 12.2. The lowest BCUT2D eigenvalue weighted by Gasteiger charge is -2.50. The van der Waals surface area contributed by atoms with Crippen molar-refractivity contribution in [2.45, 2.75) is 25.0 Å². The monoisotopic (exact) mass is 450 g/mol. The van der Waals surface area contributed by atoms with Crippen LogP contribution in [0.15, 0.2) is 79.0 Å². The molecule has 172 valence electrons. The fourth-order valence-electron chi connectivity index (χ4n) is 6.02. The summed E-state index contributed by atoms with van der Waals surface area (Å²) < 4.78 is 5.43. The second kappa shape index (κ2) is 8.86. The first-order chi connectivity index (χ1) is 16.7. The Morgan fingerprint density at radius 1 is 1.06 bits per heavy atom. The second-order valence-electron chi connectivity index (χ2n) is 9.67. The predicted octanol–water partition coefficient (Wildman–Crippen LogP) is 5.85. The van der Waals surface area contributed by atoms with Crippen molar-refractivity contribution in [2.75, 3.05) is 20.2 Å². The highest BCUT2D eigenvalue weighted by molar-refractivity contribution is 5.90. The van der Waals surface area contributed by atoms with Crippen molar-refractivity contribution in [3.05, 3.63) is 90.1 Å². The van der Waals surface area contributed by atoms with Crippen LogP contribution in [0.3, 0.4) is 0 Å². The predicted molar refractivity (Wildman–Crippen MR) is 138 cm³/mol. The molecule has 0 radical (unpaired) electrons. The topological polar surface area (TPSA) is 45.6 Å². The van der Waals surface area contributed by atoms with E-state index >= 15 is 0 Å². The van der Waals surface area contributed by atoms with Crippen molar-refractivity contribution in [3.63, 3.8) is 0 Å². The minimum Gasteiger partial charge on any atom is -0.497 e. The Morgan fingerprint density at radius 2 is 1.94 bits per heavy atom. The number of benzene rings is 3. The molecule has 4 heteroatoms. The summed E-state index contributed by atoms with van der Waals surface area (Å²) in [5.74, 6) is 1.90. The van der Waals surface area contributed by atoms with Gasteiger partial charge in [0.15, 0.2) is 0 Å². The van der Waals surface area contributed by atoms with E-state index in [1.165, 1.54) is 22.8 Å². The van der Waals surface area contributed by atoms with E-state index in [9.17, 15) is 5.11 Å². The van der Waals surface area contributed by atoms with Crippen LogP contribution in [0.2, 0.25) is 0 Å². The molecule has 0 amide bonds. The molecule has 3 fully saturated rings. The van der Waals surface area contributed by atoms with Crippen LogP contribution in [0.25, 0.3) is 27.8 Å². The van der Waals surface area contributed by atoms with Gasteiger partial charge in [-0.25, -0.2) is 0 Å². The molecule has 4 aromatic rings. The second-order valence-corrected chi connectivity index (χ2v) is 9.67. The lowest BCUT2D eigenvalue weighted by molar-refractivity contribution is -0.0444. The number of nitrogens with zero attached hydrogens (tertiary/aromatic N) is 2. The summed E-state index contributed by atoms with van der Waals surface area (Å²) in [5.41, 5.74) is 3.12. The SMILES string of the molecule is COc1ccc2nccc([C@@H](O)C3CC4CCN3CC4/C=C/c3cccc4ccccc34)c2c1. The van der Waals surface area contributed by atoms with Crippen molar-refractivity contribution in [1.82, 2.24) is 9.88 Å². The molecule has 3 aromatic carbocycles. The van der Waals surface area contributed by atoms with Crippen LogP contribution in [0, 0.1) is 11.8 Å². The fraction of sp³-hybridized carbons (Fsp3) is 0.300. The van der Waals surface area contributed by atoms with Gasteiger partial charge in [-0.2, -0.15) is 0 Å². The van der Waals surface area contributed by atoms with Crippen molar-refractivity contribution in [2.24, 2.45) is 11.8 Å². The Bertz CT molecular complexity index is 1360. The zero-order valence-corrected chi connectivity index (χ0v) is 19.5. The van der Waals surface area contributed by atoms with Gasteiger partial charge in [0.1, 0.15) is 5.75 Å². The number of pyridine rings is 1. The number of methoxy groups -OCH3 is 1. The highest BCUT2D eigenvalue weighted by atomic mass is 16.5. The highest BCUT2D eigenvalue weighted by Crippen LogP contribution is 2.42. The molecule has 3 aliphatic heterocycles. The minimum absolute atomic E-state index is 0.137. The van der Waals surface area contributed by atoms with E-state index in [4.69, 9.17) is 4.74 Å². The maximum Gasteiger partial charge on any atom is 0.119 e. The van der Waals surface area contributed by atoms with Gasteiger partial charge in [-0.15, -0.1) is 0 Å². The van der Waals surface area contributed by atoms with Crippen LogP contribution in [-0.4, -0.2) is 41.2 Å². The molecule has 1 aromatic heterocycles. The number of hydrogen-bond donors (Lipinski definition) is 1. The van der Waals surface area contributed by atoms with Crippen molar-refractivity contribution < 1.29 is 9.84 Å². The number of aliphatic hydroxyl groups is 1. The van der Waals surface area contributed by atoms with Gasteiger partial charge >= 0.3 is 0 Å². The number of fused-ring (bicyclic) bond motifs is 5. The molecule has 3 aliphatic rings. The zero-order chi connectivity index (χ0) is 23.1. The molecule has 2 bridgehead atoms. The summed E-state index contributed by atoms with van der Waals surface area (Å²) in [7, 11) is 1.67. The van der Waals surface area contributed by atoms with Crippen molar-refractivity contribution in [3.8, 4) is 5.75 Å². The third-order valence-electron chi connectivity index (χ3n) is 7.86. The van der Waals surface area contributed by atoms with Crippen LogP contribution in [0.1, 0.15) is 30.1 Å². The normalized spacial score (nSPS) is 25.2. The largest absolute Gasteiger partial charge is 0.497 e. The van der Waals surface area contributed by atoms with Crippen LogP contribution < -0.4 is 4.74 Å². The molecule has 4 heterocycles. The Kier molecular flexibility index (Phi) is 5.56. The summed E-state index contributed by atoms with van der Waals surface area (Å²) in [4.78, 5) is 6.99. The molecule has 0 aliphatic carbocycles. The Balaban J connectivity index is 1.24. The highest BCUT2D eigenvalue weighted by Gasteiger charge is 2.42. The maximum atomic E-state index is 11.5. The van der Waals surface area contributed by atoms with Crippen LogP contribution >= 0.6 is 0 Å². The van der Waals surface area contributed by atoms with Gasteiger partial charge in [-0.3, -0.25) is 9.88 Å². The van der Waals surface area contributed by atoms with Gasteiger partial charge in [-0.05, 0) is 77.4 Å². The number of aromatic nitrogens is 1. The van der Waals surface area contributed by atoms with E-state index in [0.29, 0.717) is 11.8 Å². The van der Waals surface area contributed by atoms with Crippen LogP contribution in [-0.2, 0) is 0 Å². The molecule has 1 N–H and O–H groups in total. The van der Waals surface area contributed by atoms with Gasteiger partial charge in [0.25, 0.3) is 0 Å². The smallest absolute Gasteiger partial charge is 0.119 e. The summed E-state index contributed by atoms with van der Waals surface area (Å²) in [6, 6.07) is 23.1. The molecular formula is C30H30N2O2. The molecule has 3 saturated heterocycles. The Hall–Kier alpha value is -3.21. The average Bonchev–Trinajstić information content (AvgIpc) is 2.91.